The zero-order chi connectivity index (χ0) is 10.4. The van der Waals surface area contributed by atoms with Crippen LogP contribution >= 0.6 is 0 Å². The average Bonchev–Trinajstić information content (AvgIpc) is 2.02. The molecule has 0 aromatic carbocycles. The molecular weight excluding hydrogens is 160 g/mol. The van der Waals surface area contributed by atoms with E-state index in [0.29, 0.717) is 24.2 Å². The van der Waals surface area contributed by atoms with Crippen molar-refractivity contribution in [2.75, 3.05) is 0 Å². The Morgan fingerprint density at radius 3 is 1.77 bits per heavy atom. The van der Waals surface area contributed by atoms with Gasteiger partial charge in [-0.05, 0) is 33.1 Å². The van der Waals surface area contributed by atoms with Gasteiger partial charge in [0.2, 0.25) is 0 Å². The predicted molar refractivity (Wildman–Crippen MR) is 59.8 cm³/mol. The Bertz CT molecular complexity index is 121. The molecule has 2 atom stereocenters. The molecule has 80 valence electrons. The van der Waals surface area contributed by atoms with Crippen LogP contribution in [0.2, 0.25) is 0 Å². The fraction of sp³-hybridized carbons (Fsp3) is 1.00. The molecule has 0 aliphatic carbocycles. The minimum Gasteiger partial charge on any atom is -0.299 e. The van der Waals surface area contributed by atoms with Crippen LogP contribution in [0.25, 0.3) is 0 Å². The van der Waals surface area contributed by atoms with Crippen molar-refractivity contribution < 1.29 is 0 Å². The third-order valence-corrected chi connectivity index (χ3v) is 2.26. The summed E-state index contributed by atoms with van der Waals surface area (Å²) in [5.74, 6) is 0.636. The lowest BCUT2D eigenvalue weighted by atomic mass is 10.1. The Kier molecular flexibility index (Phi) is 6.35. The maximum absolute atomic E-state index is 3.59. The zero-order valence-electron chi connectivity index (χ0n) is 10.0. The van der Waals surface area contributed by atoms with Gasteiger partial charge in [0.15, 0.2) is 0 Å². The van der Waals surface area contributed by atoms with Crippen molar-refractivity contribution in [2.45, 2.75) is 66.2 Å². The van der Waals surface area contributed by atoms with E-state index in [1.807, 2.05) is 0 Å². The quantitative estimate of drug-likeness (QED) is 0.622. The molecule has 0 amide bonds. The molecule has 0 aromatic heterocycles. The predicted octanol–water partition coefficient (Wildman–Crippen LogP) is 2.35. The molecule has 0 aliphatic heterocycles. The number of hydrogen-bond acceptors (Lipinski definition) is 2. The third kappa shape index (κ3) is 6.05. The van der Waals surface area contributed by atoms with Gasteiger partial charge in [-0.2, -0.15) is 0 Å². The van der Waals surface area contributed by atoms with Gasteiger partial charge < -0.3 is 0 Å². The van der Waals surface area contributed by atoms with Crippen LogP contribution in [0.1, 0.15) is 48.0 Å². The second-order valence-corrected chi connectivity index (χ2v) is 4.52. The second-order valence-electron chi connectivity index (χ2n) is 4.52. The Morgan fingerprint density at radius 2 is 1.46 bits per heavy atom. The molecule has 0 saturated carbocycles. The minimum absolute atomic E-state index is 0.440. The van der Waals surface area contributed by atoms with Crippen LogP contribution in [0.5, 0.6) is 0 Å². The van der Waals surface area contributed by atoms with Crippen LogP contribution in [-0.2, 0) is 0 Å². The summed E-state index contributed by atoms with van der Waals surface area (Å²) in [6.07, 6.45) is 1.62. The summed E-state index contributed by atoms with van der Waals surface area (Å²) >= 11 is 0. The van der Waals surface area contributed by atoms with Crippen LogP contribution in [-0.4, -0.2) is 18.2 Å². The highest BCUT2D eigenvalue weighted by Gasteiger charge is 2.14. The van der Waals surface area contributed by atoms with Crippen LogP contribution in [0.3, 0.4) is 0 Å². The van der Waals surface area contributed by atoms with E-state index in [0.717, 1.165) is 0 Å². The number of rotatable bonds is 6. The molecule has 2 heteroatoms. The highest BCUT2D eigenvalue weighted by molar-refractivity contribution is 4.73. The molecule has 0 bridgehead atoms. The lowest BCUT2D eigenvalue weighted by molar-refractivity contribution is 0.285. The van der Waals surface area contributed by atoms with Gasteiger partial charge in [0.25, 0.3) is 0 Å². The maximum atomic E-state index is 3.59. The molecule has 2 unspecified atom stereocenters. The summed E-state index contributed by atoms with van der Waals surface area (Å²) in [5.41, 5.74) is 0. The Balaban J connectivity index is 3.94. The van der Waals surface area contributed by atoms with Crippen LogP contribution in [0.15, 0.2) is 0 Å². The van der Waals surface area contributed by atoms with Gasteiger partial charge in [-0.25, -0.2) is 0 Å². The van der Waals surface area contributed by atoms with Crippen molar-refractivity contribution in [1.82, 2.24) is 10.6 Å². The summed E-state index contributed by atoms with van der Waals surface area (Å²) < 4.78 is 0. The lowest BCUT2D eigenvalue weighted by Crippen LogP contribution is -2.51. The van der Waals surface area contributed by atoms with Crippen molar-refractivity contribution in [3.8, 4) is 0 Å². The van der Waals surface area contributed by atoms with Crippen molar-refractivity contribution in [2.24, 2.45) is 5.92 Å². The molecular formula is C11H26N2. The summed E-state index contributed by atoms with van der Waals surface area (Å²) in [6, 6.07) is 1.14. The van der Waals surface area contributed by atoms with Gasteiger partial charge in [0.1, 0.15) is 0 Å². The SMILES string of the molecule is CCC(C)NC(NC(C)C)C(C)C. The molecule has 2 N–H and O–H groups in total. The van der Waals surface area contributed by atoms with Gasteiger partial charge in [0.05, 0.1) is 6.17 Å². The molecule has 13 heavy (non-hydrogen) atoms. The molecule has 0 saturated heterocycles. The standard InChI is InChI=1S/C11H26N2/c1-7-10(6)13-11(8(2)3)12-9(4)5/h8-13H,7H2,1-6H3. The van der Waals surface area contributed by atoms with Gasteiger partial charge in [0, 0.05) is 12.1 Å². The van der Waals surface area contributed by atoms with E-state index < -0.39 is 0 Å². The summed E-state index contributed by atoms with van der Waals surface area (Å²) in [7, 11) is 0. The largest absolute Gasteiger partial charge is 0.299 e. The Hall–Kier alpha value is -0.0800. The molecule has 0 radical (unpaired) electrons. The number of nitrogens with one attached hydrogen (secondary N) is 2. The van der Waals surface area contributed by atoms with Crippen LogP contribution in [0, 0.1) is 5.92 Å². The van der Waals surface area contributed by atoms with E-state index in [9.17, 15) is 0 Å². The second kappa shape index (κ2) is 6.39. The smallest absolute Gasteiger partial charge is 0.0599 e. The van der Waals surface area contributed by atoms with E-state index in [-0.39, 0.29) is 0 Å². The molecule has 0 fully saturated rings. The lowest BCUT2D eigenvalue weighted by Gasteiger charge is -2.28. The molecule has 0 spiro atoms. The van der Waals surface area contributed by atoms with Gasteiger partial charge in [-0.3, -0.25) is 10.6 Å². The average molecular weight is 186 g/mol. The van der Waals surface area contributed by atoms with E-state index in [2.05, 4.69) is 52.2 Å². The Labute approximate surface area is 83.5 Å². The van der Waals surface area contributed by atoms with Crippen molar-refractivity contribution in [3.63, 3.8) is 0 Å². The van der Waals surface area contributed by atoms with E-state index in [4.69, 9.17) is 0 Å². The van der Waals surface area contributed by atoms with E-state index in [1.54, 1.807) is 0 Å². The van der Waals surface area contributed by atoms with Gasteiger partial charge >= 0.3 is 0 Å². The first-order valence-electron chi connectivity index (χ1n) is 5.49. The molecule has 0 aliphatic rings. The van der Waals surface area contributed by atoms with Crippen molar-refractivity contribution in [1.29, 1.82) is 0 Å². The summed E-state index contributed by atoms with van der Waals surface area (Å²) in [4.78, 5) is 0. The highest BCUT2D eigenvalue weighted by Crippen LogP contribution is 2.02. The monoisotopic (exact) mass is 186 g/mol. The van der Waals surface area contributed by atoms with Crippen LogP contribution in [0.4, 0.5) is 0 Å². The first kappa shape index (κ1) is 12.9. The zero-order valence-corrected chi connectivity index (χ0v) is 10.0. The fourth-order valence-electron chi connectivity index (χ4n) is 1.22. The molecule has 0 aromatic rings. The van der Waals surface area contributed by atoms with E-state index >= 15 is 0 Å². The summed E-state index contributed by atoms with van der Waals surface area (Å²) in [6.45, 7) is 13.3. The van der Waals surface area contributed by atoms with Crippen molar-refractivity contribution >= 4 is 0 Å². The third-order valence-electron chi connectivity index (χ3n) is 2.26. The number of hydrogen-bond donors (Lipinski definition) is 2. The maximum Gasteiger partial charge on any atom is 0.0599 e. The van der Waals surface area contributed by atoms with Gasteiger partial charge in [-0.15, -0.1) is 0 Å². The van der Waals surface area contributed by atoms with Crippen molar-refractivity contribution in [3.05, 3.63) is 0 Å². The minimum atomic E-state index is 0.440. The van der Waals surface area contributed by atoms with Gasteiger partial charge in [-0.1, -0.05) is 20.8 Å². The fourth-order valence-corrected chi connectivity index (χ4v) is 1.22. The van der Waals surface area contributed by atoms with Crippen LogP contribution < -0.4 is 10.6 Å². The Morgan fingerprint density at radius 1 is 0.923 bits per heavy atom. The topological polar surface area (TPSA) is 24.1 Å². The first-order chi connectivity index (χ1) is 5.97. The molecule has 2 nitrogen and oxygen atoms in total. The first-order valence-corrected chi connectivity index (χ1v) is 5.49. The normalized spacial score (nSPS) is 16.6. The summed E-state index contributed by atoms with van der Waals surface area (Å²) in [5, 5.41) is 7.12. The molecule has 0 rings (SSSR count). The highest BCUT2D eigenvalue weighted by atomic mass is 15.1. The molecule has 0 heterocycles. The van der Waals surface area contributed by atoms with E-state index in [1.165, 1.54) is 6.42 Å².